The van der Waals surface area contributed by atoms with E-state index in [2.05, 4.69) is 9.71 Å². The van der Waals surface area contributed by atoms with Crippen LogP contribution >= 0.6 is 0 Å². The first kappa shape index (κ1) is 19.3. The van der Waals surface area contributed by atoms with Crippen LogP contribution in [-0.2, 0) is 32.6 Å². The Kier molecular flexibility index (Phi) is 6.09. The Labute approximate surface area is 157 Å². The number of methoxy groups -OCH3 is 1. The number of ether oxygens (including phenoxy) is 2. The van der Waals surface area contributed by atoms with E-state index in [1.807, 2.05) is 30.3 Å². The molecule has 1 aromatic carbocycles. The minimum absolute atomic E-state index is 0.00419. The summed E-state index contributed by atoms with van der Waals surface area (Å²) in [5.41, 5.74) is 1.32. The summed E-state index contributed by atoms with van der Waals surface area (Å²) in [6.07, 6.45) is 1.36. The predicted molar refractivity (Wildman–Crippen MR) is 95.0 cm³/mol. The number of aromatic nitrogens is 1. The van der Waals surface area contributed by atoms with Crippen LogP contribution < -0.4 is 4.72 Å². The molecule has 27 heavy (non-hydrogen) atoms. The topological polar surface area (TPSA) is 111 Å². The van der Waals surface area contributed by atoms with E-state index in [0.29, 0.717) is 5.69 Å². The third-order valence-corrected chi connectivity index (χ3v) is 6.11. The van der Waals surface area contributed by atoms with Gasteiger partial charge in [-0.25, -0.2) is 22.9 Å². The highest BCUT2D eigenvalue weighted by molar-refractivity contribution is 7.90. The van der Waals surface area contributed by atoms with Gasteiger partial charge in [-0.1, -0.05) is 30.3 Å². The van der Waals surface area contributed by atoms with Crippen LogP contribution in [0.15, 0.2) is 47.4 Å². The second kappa shape index (κ2) is 8.51. The number of carbonyl (C=O) groups excluding carboxylic acids is 1. The molecule has 9 nitrogen and oxygen atoms in total. The van der Waals surface area contributed by atoms with Crippen LogP contribution in [0.2, 0.25) is 0 Å². The van der Waals surface area contributed by atoms with Crippen molar-refractivity contribution in [2.24, 2.45) is 0 Å². The first-order chi connectivity index (χ1) is 13.0. The number of sulfonamides is 1. The van der Waals surface area contributed by atoms with E-state index in [-0.39, 0.29) is 26.2 Å². The largest absolute Gasteiger partial charge is 0.451 e. The maximum Gasteiger partial charge on any atom is 0.410 e. The van der Waals surface area contributed by atoms with Crippen molar-refractivity contribution >= 4 is 16.1 Å². The fraction of sp³-hybridized carbons (Fsp3) is 0.412. The third kappa shape index (κ3) is 4.85. The summed E-state index contributed by atoms with van der Waals surface area (Å²) < 4.78 is 43.1. The molecule has 1 fully saturated rings. The molecule has 3 rings (SSSR count). The van der Waals surface area contributed by atoms with Gasteiger partial charge < -0.3 is 18.8 Å². The summed E-state index contributed by atoms with van der Waals surface area (Å²) in [6, 6.07) is 9.26. The lowest BCUT2D eigenvalue weighted by Gasteiger charge is -2.17. The molecule has 2 aromatic rings. The van der Waals surface area contributed by atoms with E-state index in [0.717, 1.165) is 5.56 Å². The molecule has 146 valence electrons. The van der Waals surface area contributed by atoms with Crippen LogP contribution in [0.25, 0.3) is 0 Å². The summed E-state index contributed by atoms with van der Waals surface area (Å²) >= 11 is 0. The predicted octanol–water partition coefficient (Wildman–Crippen LogP) is 1.13. The van der Waals surface area contributed by atoms with Gasteiger partial charge in [0.25, 0.3) is 0 Å². The average molecular weight is 395 g/mol. The Morgan fingerprint density at radius 2 is 2.11 bits per heavy atom. The van der Waals surface area contributed by atoms with Crippen LogP contribution in [0, 0.1) is 0 Å². The molecule has 0 saturated carbocycles. The van der Waals surface area contributed by atoms with Crippen molar-refractivity contribution < 1.29 is 27.1 Å². The lowest BCUT2D eigenvalue weighted by Crippen LogP contribution is -2.42. The molecule has 0 bridgehead atoms. The summed E-state index contributed by atoms with van der Waals surface area (Å²) in [4.78, 5) is 17.5. The second-order valence-electron chi connectivity index (χ2n) is 6.10. The van der Waals surface area contributed by atoms with Gasteiger partial charge in [-0.3, -0.25) is 0 Å². The smallest absolute Gasteiger partial charge is 0.410 e. The van der Waals surface area contributed by atoms with E-state index in [1.165, 1.54) is 24.7 Å². The summed E-state index contributed by atoms with van der Waals surface area (Å²) in [6.45, 7) is 0.250. The Hall–Kier alpha value is -2.43. The molecule has 1 aliphatic rings. The van der Waals surface area contributed by atoms with Crippen molar-refractivity contribution in [2.75, 3.05) is 20.2 Å². The number of rotatable bonds is 7. The standard InChI is InChI=1S/C17H21N3O6S/c1-24-15-8-20(17(21)26-10-13-5-3-2-4-6-13)9-16(15)27(22,23)19-7-14-11-25-12-18-14/h2-6,11-12,15-16,19H,7-10H2,1H3. The fourth-order valence-corrected chi connectivity index (χ4v) is 4.37. The molecule has 2 atom stereocenters. The number of nitrogens with one attached hydrogen (secondary N) is 1. The maximum absolute atomic E-state index is 12.6. The van der Waals surface area contributed by atoms with E-state index >= 15 is 0 Å². The van der Waals surface area contributed by atoms with Crippen molar-refractivity contribution in [1.82, 2.24) is 14.6 Å². The van der Waals surface area contributed by atoms with Gasteiger partial charge in [0.1, 0.15) is 18.1 Å². The van der Waals surface area contributed by atoms with E-state index in [1.54, 1.807) is 0 Å². The Balaban J connectivity index is 1.59. The highest BCUT2D eigenvalue weighted by atomic mass is 32.2. The van der Waals surface area contributed by atoms with Gasteiger partial charge in [0.05, 0.1) is 24.9 Å². The molecule has 0 spiro atoms. The van der Waals surface area contributed by atoms with Gasteiger partial charge >= 0.3 is 6.09 Å². The van der Waals surface area contributed by atoms with E-state index in [9.17, 15) is 13.2 Å². The van der Waals surface area contributed by atoms with Gasteiger partial charge in [-0.15, -0.1) is 0 Å². The third-order valence-electron chi connectivity index (χ3n) is 4.32. The number of hydrogen-bond acceptors (Lipinski definition) is 7. The SMILES string of the molecule is COC1CN(C(=O)OCc2ccccc2)CC1S(=O)(=O)NCc1cocn1. The quantitative estimate of drug-likeness (QED) is 0.748. The van der Waals surface area contributed by atoms with E-state index < -0.39 is 27.5 Å². The molecule has 0 radical (unpaired) electrons. The average Bonchev–Trinajstić information content (AvgIpc) is 3.35. The molecule has 1 N–H and O–H groups in total. The molecule has 2 unspecified atom stereocenters. The van der Waals surface area contributed by atoms with Crippen molar-refractivity contribution in [3.63, 3.8) is 0 Å². The Morgan fingerprint density at radius 3 is 2.78 bits per heavy atom. The minimum atomic E-state index is -3.74. The van der Waals surface area contributed by atoms with E-state index in [4.69, 9.17) is 13.9 Å². The number of hydrogen-bond donors (Lipinski definition) is 1. The molecular formula is C17H21N3O6S. The van der Waals surface area contributed by atoms with Gasteiger partial charge in [0, 0.05) is 13.7 Å². The van der Waals surface area contributed by atoms with Gasteiger partial charge in [0.2, 0.25) is 10.0 Å². The van der Waals surface area contributed by atoms with Crippen molar-refractivity contribution in [1.29, 1.82) is 0 Å². The lowest BCUT2D eigenvalue weighted by atomic mass is 10.2. The van der Waals surface area contributed by atoms with Crippen LogP contribution in [0.5, 0.6) is 0 Å². The van der Waals surface area contributed by atoms with Crippen LogP contribution in [0.4, 0.5) is 4.79 Å². The molecule has 0 aliphatic carbocycles. The van der Waals surface area contributed by atoms with Gasteiger partial charge in [-0.05, 0) is 5.56 Å². The molecular weight excluding hydrogens is 374 g/mol. The zero-order chi connectivity index (χ0) is 19.3. The maximum atomic E-state index is 12.6. The molecule has 1 aromatic heterocycles. The normalized spacial score (nSPS) is 20.0. The summed E-state index contributed by atoms with van der Waals surface area (Å²) in [5.74, 6) is 0. The lowest BCUT2D eigenvalue weighted by molar-refractivity contribution is 0.0851. The van der Waals surface area contributed by atoms with Crippen LogP contribution in [0.1, 0.15) is 11.3 Å². The van der Waals surface area contributed by atoms with Crippen LogP contribution in [0.3, 0.4) is 0 Å². The highest BCUT2D eigenvalue weighted by Crippen LogP contribution is 2.21. The number of benzene rings is 1. The summed E-state index contributed by atoms with van der Waals surface area (Å²) in [5, 5.41) is -0.904. The molecule has 10 heteroatoms. The molecule has 2 heterocycles. The molecule has 1 saturated heterocycles. The molecule has 1 aliphatic heterocycles. The first-order valence-electron chi connectivity index (χ1n) is 8.33. The number of nitrogens with zero attached hydrogens (tertiary/aromatic N) is 2. The number of likely N-dealkylation sites (tertiary alicyclic amines) is 1. The summed E-state index contributed by atoms with van der Waals surface area (Å²) in [7, 11) is -2.32. The van der Waals surface area contributed by atoms with Crippen molar-refractivity contribution in [3.05, 3.63) is 54.2 Å². The fourth-order valence-electron chi connectivity index (χ4n) is 2.83. The number of carbonyl (C=O) groups is 1. The zero-order valence-electron chi connectivity index (χ0n) is 14.8. The highest BCUT2D eigenvalue weighted by Gasteiger charge is 2.43. The first-order valence-corrected chi connectivity index (χ1v) is 9.88. The second-order valence-corrected chi connectivity index (χ2v) is 8.09. The van der Waals surface area contributed by atoms with Crippen LogP contribution in [-0.4, -0.2) is 55.9 Å². The monoisotopic (exact) mass is 395 g/mol. The number of oxazole rings is 1. The Bertz CT molecular complexity index is 841. The van der Waals surface area contributed by atoms with Crippen molar-refractivity contribution in [2.45, 2.75) is 24.5 Å². The Morgan fingerprint density at radius 1 is 1.33 bits per heavy atom. The van der Waals surface area contributed by atoms with Gasteiger partial charge in [-0.2, -0.15) is 0 Å². The molecule has 1 amide bonds. The van der Waals surface area contributed by atoms with Crippen molar-refractivity contribution in [3.8, 4) is 0 Å². The number of amides is 1. The van der Waals surface area contributed by atoms with Gasteiger partial charge in [0.15, 0.2) is 6.39 Å². The zero-order valence-corrected chi connectivity index (χ0v) is 15.6. The minimum Gasteiger partial charge on any atom is -0.451 e.